The smallest absolute Gasteiger partial charge is 0.338 e. The van der Waals surface area contributed by atoms with Gasteiger partial charge in [0.1, 0.15) is 0 Å². The minimum Gasteiger partial charge on any atom is -0.462 e. The van der Waals surface area contributed by atoms with Crippen LogP contribution in [-0.4, -0.2) is 21.0 Å². The summed E-state index contributed by atoms with van der Waals surface area (Å²) in [7, 11) is 1.46. The number of hydrogen-bond acceptors (Lipinski definition) is 4. The Hall–Kier alpha value is -0.590. The Labute approximate surface area is 138 Å². The third kappa shape index (κ3) is 5.27. The topological polar surface area (TPSA) is 60.4 Å². The highest BCUT2D eigenvalue weighted by atomic mass is 79.9. The fourth-order valence-electron chi connectivity index (χ4n) is 1.90. The summed E-state index contributed by atoms with van der Waals surface area (Å²) in [6.07, 6.45) is 1.98. The van der Waals surface area contributed by atoms with Gasteiger partial charge in [-0.15, -0.1) is 0 Å². The van der Waals surface area contributed by atoms with Crippen LogP contribution in [0, 0.1) is 12.8 Å². The zero-order valence-electron chi connectivity index (χ0n) is 12.2. The predicted octanol–water partition coefficient (Wildman–Crippen LogP) is 4.28. The fourth-order valence-corrected chi connectivity index (χ4v) is 3.72. The van der Waals surface area contributed by atoms with Crippen molar-refractivity contribution >= 4 is 41.6 Å². The molecule has 0 saturated carbocycles. The van der Waals surface area contributed by atoms with Crippen molar-refractivity contribution in [2.45, 2.75) is 38.5 Å². The molecular formula is C14H18BrClO4S. The van der Waals surface area contributed by atoms with Crippen LogP contribution in [-0.2, 0) is 13.8 Å². The number of benzene rings is 1. The highest BCUT2D eigenvalue weighted by Gasteiger charge is 2.20. The monoisotopic (exact) mass is 396 g/mol. The fraction of sp³-hybridized carbons (Fsp3) is 0.500. The van der Waals surface area contributed by atoms with Crippen molar-refractivity contribution in [3.63, 3.8) is 0 Å². The summed E-state index contributed by atoms with van der Waals surface area (Å²) in [6, 6.07) is 2.78. The Morgan fingerprint density at radius 2 is 2.05 bits per heavy atom. The molecule has 0 saturated heterocycles. The van der Waals surface area contributed by atoms with Gasteiger partial charge in [0.2, 0.25) is 0 Å². The molecule has 7 heteroatoms. The zero-order chi connectivity index (χ0) is 16.2. The van der Waals surface area contributed by atoms with Gasteiger partial charge in [-0.1, -0.05) is 36.2 Å². The van der Waals surface area contributed by atoms with Crippen molar-refractivity contribution in [3.05, 3.63) is 27.7 Å². The van der Waals surface area contributed by atoms with Crippen molar-refractivity contribution in [2.24, 2.45) is 5.92 Å². The van der Waals surface area contributed by atoms with Crippen LogP contribution in [0.5, 0.6) is 0 Å². The third-order valence-corrected chi connectivity index (χ3v) is 5.35. The average Bonchev–Trinajstić information content (AvgIpc) is 2.38. The van der Waals surface area contributed by atoms with E-state index in [9.17, 15) is 13.2 Å². The Balaban J connectivity index is 2.99. The van der Waals surface area contributed by atoms with Crippen LogP contribution in [0.15, 0.2) is 21.5 Å². The number of ether oxygens (including phenoxy) is 1. The van der Waals surface area contributed by atoms with Gasteiger partial charge in [0, 0.05) is 15.2 Å². The molecule has 1 aromatic carbocycles. The van der Waals surface area contributed by atoms with E-state index in [4.69, 9.17) is 15.4 Å². The lowest BCUT2D eigenvalue weighted by molar-refractivity contribution is 0.0443. The maximum absolute atomic E-state index is 12.0. The average molecular weight is 398 g/mol. The van der Waals surface area contributed by atoms with E-state index in [0.717, 1.165) is 12.8 Å². The summed E-state index contributed by atoms with van der Waals surface area (Å²) in [6.45, 7) is 5.97. The normalized spacial score (nSPS) is 13.0. The van der Waals surface area contributed by atoms with Crippen molar-refractivity contribution in [1.29, 1.82) is 0 Å². The molecule has 1 rings (SSSR count). The second-order valence-corrected chi connectivity index (χ2v) is 8.40. The Bertz CT molecular complexity index is 628. The van der Waals surface area contributed by atoms with Gasteiger partial charge in [-0.3, -0.25) is 0 Å². The SMILES string of the molecule is CCCC(C)COC(=O)c1cc(Br)c(C)c(S(=O)(=O)Cl)c1. The summed E-state index contributed by atoms with van der Waals surface area (Å²) < 4.78 is 28.8. The van der Waals surface area contributed by atoms with Gasteiger partial charge in [0.05, 0.1) is 17.1 Å². The first kappa shape index (κ1) is 18.5. The molecule has 0 spiro atoms. The summed E-state index contributed by atoms with van der Waals surface area (Å²) >= 11 is 3.23. The van der Waals surface area contributed by atoms with E-state index in [-0.39, 0.29) is 16.4 Å². The van der Waals surface area contributed by atoms with Crippen molar-refractivity contribution < 1.29 is 17.9 Å². The lowest BCUT2D eigenvalue weighted by Gasteiger charge is -2.12. The lowest BCUT2D eigenvalue weighted by Crippen LogP contribution is -2.13. The second-order valence-electron chi connectivity index (χ2n) is 5.01. The van der Waals surface area contributed by atoms with E-state index in [1.54, 1.807) is 6.92 Å². The first-order valence-corrected chi connectivity index (χ1v) is 9.69. The van der Waals surface area contributed by atoms with E-state index in [2.05, 4.69) is 22.9 Å². The van der Waals surface area contributed by atoms with Crippen LogP contribution in [0.2, 0.25) is 0 Å². The zero-order valence-corrected chi connectivity index (χ0v) is 15.3. The molecule has 21 heavy (non-hydrogen) atoms. The lowest BCUT2D eigenvalue weighted by atomic mass is 10.1. The molecule has 0 aliphatic carbocycles. The van der Waals surface area contributed by atoms with Gasteiger partial charge >= 0.3 is 5.97 Å². The van der Waals surface area contributed by atoms with E-state index in [0.29, 0.717) is 16.6 Å². The number of carbonyl (C=O) groups excluding carboxylic acids is 1. The third-order valence-electron chi connectivity index (χ3n) is 3.08. The first-order valence-electron chi connectivity index (χ1n) is 6.58. The van der Waals surface area contributed by atoms with Gasteiger partial charge in [0.25, 0.3) is 9.05 Å². The molecule has 0 fully saturated rings. The molecule has 0 aromatic heterocycles. The molecule has 1 unspecified atom stereocenters. The summed E-state index contributed by atoms with van der Waals surface area (Å²) in [4.78, 5) is 11.9. The van der Waals surface area contributed by atoms with E-state index >= 15 is 0 Å². The summed E-state index contributed by atoms with van der Waals surface area (Å²) in [5, 5.41) is 0. The molecule has 4 nitrogen and oxygen atoms in total. The second kappa shape index (κ2) is 7.61. The Kier molecular flexibility index (Phi) is 6.69. The van der Waals surface area contributed by atoms with E-state index < -0.39 is 15.0 Å². The van der Waals surface area contributed by atoms with Crippen molar-refractivity contribution in [2.75, 3.05) is 6.61 Å². The van der Waals surface area contributed by atoms with Gasteiger partial charge in [-0.05, 0) is 37.0 Å². The van der Waals surface area contributed by atoms with E-state index in [1.807, 2.05) is 6.92 Å². The maximum Gasteiger partial charge on any atom is 0.338 e. The van der Waals surface area contributed by atoms with Crippen LogP contribution in [0.4, 0.5) is 0 Å². The van der Waals surface area contributed by atoms with Crippen molar-refractivity contribution in [1.82, 2.24) is 0 Å². The van der Waals surface area contributed by atoms with Gasteiger partial charge in [-0.2, -0.15) is 0 Å². The quantitative estimate of drug-likeness (QED) is 0.531. The summed E-state index contributed by atoms with van der Waals surface area (Å²) in [5.74, 6) is -0.288. The highest BCUT2D eigenvalue weighted by Crippen LogP contribution is 2.28. The summed E-state index contributed by atoms with van der Waals surface area (Å²) in [5.41, 5.74) is 0.622. The molecule has 0 amide bonds. The number of hydrogen-bond donors (Lipinski definition) is 0. The maximum atomic E-state index is 12.0. The molecule has 0 heterocycles. The molecule has 1 aromatic rings. The number of rotatable bonds is 6. The largest absolute Gasteiger partial charge is 0.462 e. The number of carbonyl (C=O) groups is 1. The van der Waals surface area contributed by atoms with Gasteiger partial charge in [0.15, 0.2) is 0 Å². The standard InChI is InChI=1S/C14H18BrClO4S/c1-4-5-9(2)8-20-14(17)11-6-12(15)10(3)13(7-11)21(16,18)19/h6-7,9H,4-5,8H2,1-3H3. The van der Waals surface area contributed by atoms with Crippen LogP contribution in [0.3, 0.4) is 0 Å². The highest BCUT2D eigenvalue weighted by molar-refractivity contribution is 9.10. The van der Waals surface area contributed by atoms with Crippen molar-refractivity contribution in [3.8, 4) is 0 Å². The van der Waals surface area contributed by atoms with Gasteiger partial charge in [-0.25, -0.2) is 13.2 Å². The molecule has 118 valence electrons. The van der Waals surface area contributed by atoms with Crippen LogP contribution < -0.4 is 0 Å². The van der Waals surface area contributed by atoms with Crippen LogP contribution >= 0.6 is 26.6 Å². The minimum atomic E-state index is -3.92. The number of halogens is 2. The minimum absolute atomic E-state index is 0.0906. The molecule has 0 radical (unpaired) electrons. The Morgan fingerprint density at radius 3 is 2.57 bits per heavy atom. The Morgan fingerprint density at radius 1 is 1.43 bits per heavy atom. The molecule has 1 atom stereocenters. The first-order chi connectivity index (χ1) is 9.66. The molecular weight excluding hydrogens is 380 g/mol. The predicted molar refractivity (Wildman–Crippen MR) is 86.3 cm³/mol. The van der Waals surface area contributed by atoms with Gasteiger partial charge < -0.3 is 4.74 Å². The molecule has 0 bridgehead atoms. The van der Waals surface area contributed by atoms with Crippen LogP contribution in [0.1, 0.15) is 42.6 Å². The number of esters is 1. The van der Waals surface area contributed by atoms with E-state index in [1.165, 1.54) is 12.1 Å². The molecule has 0 N–H and O–H groups in total. The molecule has 0 aliphatic heterocycles. The van der Waals surface area contributed by atoms with Crippen LogP contribution in [0.25, 0.3) is 0 Å². The molecule has 0 aliphatic rings.